The van der Waals surface area contributed by atoms with Crippen molar-refractivity contribution in [3.05, 3.63) is 95.2 Å². The summed E-state index contributed by atoms with van der Waals surface area (Å²) >= 11 is 1.63. The third-order valence-corrected chi connectivity index (χ3v) is 6.21. The van der Waals surface area contributed by atoms with Crippen molar-refractivity contribution < 1.29 is 4.79 Å². The first-order valence-electron chi connectivity index (χ1n) is 9.99. The van der Waals surface area contributed by atoms with Gasteiger partial charge in [0.15, 0.2) is 0 Å². The van der Waals surface area contributed by atoms with E-state index in [-0.39, 0.29) is 12.3 Å². The van der Waals surface area contributed by atoms with Crippen molar-refractivity contribution in [2.75, 3.05) is 5.32 Å². The molecular formula is C26H24N2OS. The number of nitrogens with zero attached hydrogens (tertiary/aromatic N) is 1. The maximum Gasteiger partial charge on any atom is 0.230 e. The highest BCUT2D eigenvalue weighted by molar-refractivity contribution is 7.18. The quantitative estimate of drug-likeness (QED) is 0.402. The van der Waals surface area contributed by atoms with Crippen molar-refractivity contribution in [2.45, 2.75) is 27.2 Å². The number of nitrogens with one attached hydrogen (secondary N) is 1. The molecule has 1 N–H and O–H groups in total. The number of amides is 1. The Bertz CT molecular complexity index is 1180. The number of aryl methyl sites for hydroxylation is 3. The zero-order chi connectivity index (χ0) is 21.1. The van der Waals surface area contributed by atoms with Crippen LogP contribution < -0.4 is 5.32 Å². The summed E-state index contributed by atoms with van der Waals surface area (Å²) in [5.74, 6) is -0.0553. The zero-order valence-corrected chi connectivity index (χ0v) is 18.2. The topological polar surface area (TPSA) is 42.0 Å². The molecule has 0 aliphatic heterocycles. The molecule has 150 valence electrons. The van der Waals surface area contributed by atoms with Crippen LogP contribution in [0.4, 0.5) is 5.69 Å². The van der Waals surface area contributed by atoms with Crippen LogP contribution in [0.15, 0.2) is 72.8 Å². The summed E-state index contributed by atoms with van der Waals surface area (Å²) < 4.78 is 0. The van der Waals surface area contributed by atoms with Crippen LogP contribution in [-0.2, 0) is 11.2 Å². The van der Waals surface area contributed by atoms with Crippen molar-refractivity contribution in [1.29, 1.82) is 0 Å². The molecule has 4 rings (SSSR count). The molecule has 0 unspecified atom stereocenters. The Morgan fingerprint density at radius 2 is 1.57 bits per heavy atom. The van der Waals surface area contributed by atoms with Gasteiger partial charge in [0.1, 0.15) is 5.01 Å². The van der Waals surface area contributed by atoms with Crippen LogP contribution in [0.3, 0.4) is 0 Å². The van der Waals surface area contributed by atoms with Crippen LogP contribution in [-0.4, -0.2) is 10.9 Å². The molecule has 3 nitrogen and oxygen atoms in total. The van der Waals surface area contributed by atoms with Gasteiger partial charge in [-0.1, -0.05) is 77.9 Å². The van der Waals surface area contributed by atoms with Crippen LogP contribution >= 0.6 is 11.3 Å². The van der Waals surface area contributed by atoms with Crippen LogP contribution in [0.2, 0.25) is 0 Å². The molecule has 0 saturated heterocycles. The van der Waals surface area contributed by atoms with E-state index in [4.69, 9.17) is 4.98 Å². The molecule has 0 aliphatic carbocycles. The minimum atomic E-state index is -0.0553. The van der Waals surface area contributed by atoms with Crippen molar-refractivity contribution >= 4 is 22.9 Å². The van der Waals surface area contributed by atoms with Gasteiger partial charge >= 0.3 is 0 Å². The summed E-state index contributed by atoms with van der Waals surface area (Å²) in [6.45, 7) is 6.13. The Morgan fingerprint density at radius 1 is 0.867 bits per heavy atom. The minimum absolute atomic E-state index is 0.0553. The lowest BCUT2D eigenvalue weighted by atomic mass is 10.1. The second-order valence-electron chi connectivity index (χ2n) is 7.57. The molecule has 0 saturated carbocycles. The van der Waals surface area contributed by atoms with Gasteiger partial charge in [-0.15, -0.1) is 11.3 Å². The number of anilines is 1. The van der Waals surface area contributed by atoms with Gasteiger partial charge in [-0.2, -0.15) is 0 Å². The molecule has 0 spiro atoms. The Labute approximate surface area is 181 Å². The molecule has 3 aromatic carbocycles. The van der Waals surface area contributed by atoms with E-state index < -0.39 is 0 Å². The van der Waals surface area contributed by atoms with Gasteiger partial charge in [0.25, 0.3) is 0 Å². The molecule has 0 radical (unpaired) electrons. The standard InChI is InChI=1S/C26H24N2OS/c1-17-9-12-20(13-10-17)25-23(28-26(30-25)21-7-5-4-6-8-21)16-24(29)27-22-14-11-18(2)15-19(22)3/h4-15H,16H2,1-3H3,(H,27,29). The van der Waals surface area contributed by atoms with Crippen LogP contribution in [0.25, 0.3) is 21.0 Å². The normalized spacial score (nSPS) is 10.8. The fraction of sp³-hybridized carbons (Fsp3) is 0.154. The number of benzene rings is 3. The largest absolute Gasteiger partial charge is 0.326 e. The van der Waals surface area contributed by atoms with Crippen molar-refractivity contribution in [1.82, 2.24) is 4.98 Å². The van der Waals surface area contributed by atoms with E-state index in [2.05, 4.69) is 54.7 Å². The number of carbonyl (C=O) groups excluding carboxylic acids is 1. The molecule has 1 amide bonds. The molecule has 4 heteroatoms. The first-order chi connectivity index (χ1) is 14.5. The highest BCUT2D eigenvalue weighted by atomic mass is 32.1. The molecule has 0 fully saturated rings. The lowest BCUT2D eigenvalue weighted by Crippen LogP contribution is -2.15. The molecule has 1 aromatic heterocycles. The first-order valence-corrected chi connectivity index (χ1v) is 10.8. The van der Waals surface area contributed by atoms with E-state index >= 15 is 0 Å². The molecule has 4 aromatic rings. The van der Waals surface area contributed by atoms with Gasteiger partial charge in [-0.05, 0) is 38.0 Å². The van der Waals surface area contributed by atoms with Crippen molar-refractivity contribution in [3.8, 4) is 21.0 Å². The first kappa shape index (κ1) is 20.0. The van der Waals surface area contributed by atoms with E-state index in [0.717, 1.165) is 38.0 Å². The third kappa shape index (κ3) is 4.50. The lowest BCUT2D eigenvalue weighted by Gasteiger charge is -2.09. The van der Waals surface area contributed by atoms with E-state index in [0.29, 0.717) is 0 Å². The zero-order valence-electron chi connectivity index (χ0n) is 17.4. The molecule has 30 heavy (non-hydrogen) atoms. The highest BCUT2D eigenvalue weighted by Crippen LogP contribution is 2.36. The predicted octanol–water partition coefficient (Wildman–Crippen LogP) is 6.58. The smallest absolute Gasteiger partial charge is 0.230 e. The molecular weight excluding hydrogens is 388 g/mol. The lowest BCUT2D eigenvalue weighted by molar-refractivity contribution is -0.115. The number of aromatic nitrogens is 1. The third-order valence-electron chi connectivity index (χ3n) is 5.02. The SMILES string of the molecule is Cc1ccc(-c2sc(-c3ccccc3)nc2CC(=O)Nc2ccc(C)cc2C)cc1. The Kier molecular flexibility index (Phi) is 5.77. The van der Waals surface area contributed by atoms with Gasteiger partial charge in [-0.25, -0.2) is 4.98 Å². The van der Waals surface area contributed by atoms with Crippen molar-refractivity contribution in [3.63, 3.8) is 0 Å². The number of hydrogen-bond donors (Lipinski definition) is 1. The summed E-state index contributed by atoms with van der Waals surface area (Å²) in [7, 11) is 0. The van der Waals surface area contributed by atoms with Crippen LogP contribution in [0, 0.1) is 20.8 Å². The second-order valence-corrected chi connectivity index (χ2v) is 8.57. The Morgan fingerprint density at radius 3 is 2.27 bits per heavy atom. The number of rotatable bonds is 5. The van der Waals surface area contributed by atoms with E-state index in [1.807, 2.05) is 44.2 Å². The maximum atomic E-state index is 12.9. The fourth-order valence-electron chi connectivity index (χ4n) is 3.41. The van der Waals surface area contributed by atoms with Gasteiger partial charge in [0.05, 0.1) is 17.0 Å². The average molecular weight is 413 g/mol. The summed E-state index contributed by atoms with van der Waals surface area (Å²) in [4.78, 5) is 18.8. The van der Waals surface area contributed by atoms with Crippen LogP contribution in [0.5, 0.6) is 0 Å². The Balaban J connectivity index is 1.66. The number of thiazole rings is 1. The minimum Gasteiger partial charge on any atom is -0.326 e. The summed E-state index contributed by atoms with van der Waals surface area (Å²) in [5.41, 5.74) is 7.27. The van der Waals surface area contributed by atoms with Crippen LogP contribution in [0.1, 0.15) is 22.4 Å². The van der Waals surface area contributed by atoms with E-state index in [1.165, 1.54) is 11.1 Å². The van der Waals surface area contributed by atoms with Gasteiger partial charge in [0, 0.05) is 11.3 Å². The van der Waals surface area contributed by atoms with Gasteiger partial charge in [-0.3, -0.25) is 4.79 Å². The molecule has 0 bridgehead atoms. The molecule has 0 aliphatic rings. The summed E-state index contributed by atoms with van der Waals surface area (Å²) in [6.07, 6.45) is 0.236. The highest BCUT2D eigenvalue weighted by Gasteiger charge is 2.17. The summed E-state index contributed by atoms with van der Waals surface area (Å²) in [6, 6.07) is 24.6. The summed E-state index contributed by atoms with van der Waals surface area (Å²) in [5, 5.41) is 3.98. The van der Waals surface area contributed by atoms with E-state index in [9.17, 15) is 4.79 Å². The molecule has 1 heterocycles. The number of hydrogen-bond acceptors (Lipinski definition) is 3. The van der Waals surface area contributed by atoms with Crippen molar-refractivity contribution in [2.24, 2.45) is 0 Å². The maximum absolute atomic E-state index is 12.9. The van der Waals surface area contributed by atoms with Gasteiger partial charge in [0.2, 0.25) is 5.91 Å². The second kappa shape index (κ2) is 8.64. The monoisotopic (exact) mass is 412 g/mol. The average Bonchev–Trinajstić information content (AvgIpc) is 3.15. The Hall–Kier alpha value is -3.24. The fourth-order valence-corrected chi connectivity index (χ4v) is 4.50. The van der Waals surface area contributed by atoms with E-state index in [1.54, 1.807) is 11.3 Å². The predicted molar refractivity (Wildman–Crippen MR) is 126 cm³/mol. The molecule has 0 atom stereocenters. The number of carbonyl (C=O) groups is 1. The van der Waals surface area contributed by atoms with Gasteiger partial charge < -0.3 is 5.32 Å².